The van der Waals surface area contributed by atoms with E-state index in [0.717, 1.165) is 22.4 Å². The van der Waals surface area contributed by atoms with Gasteiger partial charge in [-0.2, -0.15) is 5.26 Å². The molecule has 0 amide bonds. The Kier molecular flexibility index (Phi) is 2.37. The first-order valence-electron chi connectivity index (χ1n) is 6.84. The second-order valence-corrected chi connectivity index (χ2v) is 5.22. The Bertz CT molecular complexity index is 821. The Morgan fingerprint density at radius 1 is 1.10 bits per heavy atom. The average molecular weight is 259 g/mol. The molecule has 1 aromatic heterocycles. The summed E-state index contributed by atoms with van der Waals surface area (Å²) >= 11 is 0. The van der Waals surface area contributed by atoms with Crippen LogP contribution in [0.2, 0.25) is 0 Å². The lowest BCUT2D eigenvalue weighted by Gasteiger charge is -2.07. The van der Waals surface area contributed by atoms with E-state index < -0.39 is 0 Å². The maximum atomic E-state index is 9.03. The molecular weight excluding hydrogens is 246 g/mol. The number of rotatable bonds is 2. The van der Waals surface area contributed by atoms with Crippen molar-refractivity contribution in [2.75, 3.05) is 0 Å². The fourth-order valence-corrected chi connectivity index (χ4v) is 2.66. The zero-order valence-electron chi connectivity index (χ0n) is 11.0. The highest BCUT2D eigenvalue weighted by atomic mass is 15.1. The molecule has 0 bridgehead atoms. The summed E-state index contributed by atoms with van der Waals surface area (Å²) in [5.74, 6) is 1.01. The minimum atomic E-state index is 0.558. The van der Waals surface area contributed by atoms with E-state index in [1.807, 2.05) is 36.4 Å². The van der Waals surface area contributed by atoms with E-state index in [4.69, 9.17) is 10.2 Å². The molecule has 3 aromatic rings. The molecule has 0 atom stereocenters. The number of imidazole rings is 1. The molecule has 3 heteroatoms. The van der Waals surface area contributed by atoms with E-state index >= 15 is 0 Å². The molecule has 4 rings (SSSR count). The minimum Gasteiger partial charge on any atom is -0.321 e. The summed E-state index contributed by atoms with van der Waals surface area (Å²) in [5.41, 5.74) is 3.84. The van der Waals surface area contributed by atoms with Gasteiger partial charge in [-0.15, -0.1) is 0 Å². The van der Waals surface area contributed by atoms with Gasteiger partial charge in [0.05, 0.1) is 22.7 Å². The number of fused-ring (bicyclic) bond motifs is 1. The maximum Gasteiger partial charge on any atom is 0.141 e. The normalized spacial score (nSPS) is 14.3. The van der Waals surface area contributed by atoms with Gasteiger partial charge in [-0.25, -0.2) is 4.98 Å². The molecule has 1 heterocycles. The van der Waals surface area contributed by atoms with Crippen molar-refractivity contribution in [2.24, 2.45) is 0 Å². The van der Waals surface area contributed by atoms with Gasteiger partial charge in [-0.05, 0) is 31.0 Å². The van der Waals surface area contributed by atoms with E-state index in [1.165, 1.54) is 12.8 Å². The summed E-state index contributed by atoms with van der Waals surface area (Å²) in [6, 6.07) is 18.8. The van der Waals surface area contributed by atoms with Crippen molar-refractivity contribution in [3.63, 3.8) is 0 Å². The van der Waals surface area contributed by atoms with Crippen LogP contribution in [0.4, 0.5) is 0 Å². The third-order valence-corrected chi connectivity index (χ3v) is 3.76. The van der Waals surface area contributed by atoms with Gasteiger partial charge in [-0.1, -0.05) is 30.3 Å². The predicted molar refractivity (Wildman–Crippen MR) is 78.2 cm³/mol. The molecule has 2 aromatic carbocycles. The van der Waals surface area contributed by atoms with Crippen molar-refractivity contribution in [1.82, 2.24) is 9.55 Å². The van der Waals surface area contributed by atoms with Crippen LogP contribution in [0.5, 0.6) is 0 Å². The lowest BCUT2D eigenvalue weighted by atomic mass is 10.2. The zero-order valence-corrected chi connectivity index (χ0v) is 11.0. The van der Waals surface area contributed by atoms with Crippen LogP contribution in [0.25, 0.3) is 22.4 Å². The van der Waals surface area contributed by atoms with E-state index in [-0.39, 0.29) is 0 Å². The van der Waals surface area contributed by atoms with Gasteiger partial charge in [0.2, 0.25) is 0 Å². The van der Waals surface area contributed by atoms with Crippen LogP contribution in [0.1, 0.15) is 24.4 Å². The first-order chi connectivity index (χ1) is 9.86. The Morgan fingerprint density at radius 2 is 1.90 bits per heavy atom. The van der Waals surface area contributed by atoms with Crippen LogP contribution in [-0.2, 0) is 0 Å². The van der Waals surface area contributed by atoms with Crippen LogP contribution in [0, 0.1) is 11.3 Å². The molecule has 1 fully saturated rings. The molecule has 0 spiro atoms. The highest BCUT2D eigenvalue weighted by Crippen LogP contribution is 2.41. The second kappa shape index (κ2) is 4.21. The summed E-state index contributed by atoms with van der Waals surface area (Å²) in [6.45, 7) is 0. The van der Waals surface area contributed by atoms with Crippen LogP contribution in [-0.4, -0.2) is 9.55 Å². The summed E-state index contributed by atoms with van der Waals surface area (Å²) in [6.07, 6.45) is 2.43. The van der Waals surface area contributed by atoms with E-state index in [1.54, 1.807) is 0 Å². The van der Waals surface area contributed by atoms with Crippen molar-refractivity contribution < 1.29 is 0 Å². The molecule has 0 N–H and O–H groups in total. The molecule has 0 saturated heterocycles. The van der Waals surface area contributed by atoms with Crippen molar-refractivity contribution >= 4 is 11.0 Å². The SMILES string of the molecule is N#Cc1ccc2c(c1)nc(-c1ccccc1)n2C1CC1. The summed E-state index contributed by atoms with van der Waals surface area (Å²) in [4.78, 5) is 4.76. The van der Waals surface area contributed by atoms with E-state index in [9.17, 15) is 0 Å². The molecule has 0 aliphatic heterocycles. The van der Waals surface area contributed by atoms with E-state index in [2.05, 4.69) is 22.8 Å². The van der Waals surface area contributed by atoms with Crippen LogP contribution in [0.3, 0.4) is 0 Å². The van der Waals surface area contributed by atoms with Crippen molar-refractivity contribution in [2.45, 2.75) is 18.9 Å². The summed E-state index contributed by atoms with van der Waals surface area (Å²) in [5, 5.41) is 9.03. The van der Waals surface area contributed by atoms with Gasteiger partial charge >= 0.3 is 0 Å². The number of hydrogen-bond acceptors (Lipinski definition) is 2. The Morgan fingerprint density at radius 3 is 2.60 bits per heavy atom. The summed E-state index contributed by atoms with van der Waals surface area (Å²) < 4.78 is 2.33. The third kappa shape index (κ3) is 1.70. The van der Waals surface area contributed by atoms with Crippen LogP contribution >= 0.6 is 0 Å². The van der Waals surface area contributed by atoms with Gasteiger partial charge in [0.1, 0.15) is 5.82 Å². The quantitative estimate of drug-likeness (QED) is 0.700. The van der Waals surface area contributed by atoms with Gasteiger partial charge < -0.3 is 4.57 Å². The van der Waals surface area contributed by atoms with Gasteiger partial charge in [0, 0.05) is 11.6 Å². The molecule has 1 saturated carbocycles. The fourth-order valence-electron chi connectivity index (χ4n) is 2.66. The number of nitrogens with zero attached hydrogens (tertiary/aromatic N) is 3. The Balaban J connectivity index is 2.00. The lowest BCUT2D eigenvalue weighted by molar-refractivity contribution is 0.775. The first kappa shape index (κ1) is 11.2. The van der Waals surface area contributed by atoms with Crippen molar-refractivity contribution in [1.29, 1.82) is 5.26 Å². The Labute approximate surface area is 117 Å². The molecule has 20 heavy (non-hydrogen) atoms. The lowest BCUT2D eigenvalue weighted by Crippen LogP contribution is -1.97. The molecule has 3 nitrogen and oxygen atoms in total. The second-order valence-electron chi connectivity index (χ2n) is 5.22. The molecule has 0 unspecified atom stereocenters. The highest BCUT2D eigenvalue weighted by molar-refractivity contribution is 5.82. The largest absolute Gasteiger partial charge is 0.321 e. The van der Waals surface area contributed by atoms with Gasteiger partial charge in [0.25, 0.3) is 0 Å². The molecule has 0 radical (unpaired) electrons. The first-order valence-corrected chi connectivity index (χ1v) is 6.84. The number of aromatic nitrogens is 2. The van der Waals surface area contributed by atoms with Crippen LogP contribution in [0.15, 0.2) is 48.5 Å². The molecular formula is C17H13N3. The zero-order chi connectivity index (χ0) is 13.5. The monoisotopic (exact) mass is 259 g/mol. The van der Waals surface area contributed by atoms with Crippen LogP contribution < -0.4 is 0 Å². The minimum absolute atomic E-state index is 0.558. The Hall–Kier alpha value is -2.60. The maximum absolute atomic E-state index is 9.03. The molecule has 1 aliphatic carbocycles. The third-order valence-electron chi connectivity index (χ3n) is 3.76. The topological polar surface area (TPSA) is 41.6 Å². The van der Waals surface area contributed by atoms with Gasteiger partial charge in [0.15, 0.2) is 0 Å². The number of nitriles is 1. The molecule has 1 aliphatic rings. The number of benzene rings is 2. The highest BCUT2D eigenvalue weighted by Gasteiger charge is 2.28. The predicted octanol–water partition coefficient (Wildman–Crippen LogP) is 3.91. The van der Waals surface area contributed by atoms with Gasteiger partial charge in [-0.3, -0.25) is 0 Å². The smallest absolute Gasteiger partial charge is 0.141 e. The average Bonchev–Trinajstić information content (AvgIpc) is 3.27. The van der Waals surface area contributed by atoms with E-state index in [0.29, 0.717) is 11.6 Å². The molecule has 96 valence electrons. The number of hydrogen-bond donors (Lipinski definition) is 0. The van der Waals surface area contributed by atoms with Crippen molar-refractivity contribution in [3.05, 3.63) is 54.1 Å². The van der Waals surface area contributed by atoms with Crippen molar-refractivity contribution in [3.8, 4) is 17.5 Å². The standard InChI is InChI=1S/C17H13N3/c18-11-12-6-9-16-15(10-12)19-17(20(16)14-7-8-14)13-4-2-1-3-5-13/h1-6,9-10,14H,7-8H2. The fraction of sp³-hybridized carbons (Fsp3) is 0.176. The summed E-state index contributed by atoms with van der Waals surface area (Å²) in [7, 11) is 0.